The number of anilines is 1. The third-order valence-corrected chi connectivity index (χ3v) is 5.26. The van der Waals surface area contributed by atoms with Gasteiger partial charge < -0.3 is 5.32 Å². The summed E-state index contributed by atoms with van der Waals surface area (Å²) in [7, 11) is -3.51. The SMILES string of the molecule is CCCCNS(=O)(=O)c1ccc(NC(=O)C(C)=Cc2ccccc2)cc1. The third-order valence-electron chi connectivity index (χ3n) is 3.79. The van der Waals surface area contributed by atoms with Crippen molar-refractivity contribution < 1.29 is 13.2 Å². The molecule has 0 saturated heterocycles. The minimum atomic E-state index is -3.51. The summed E-state index contributed by atoms with van der Waals surface area (Å²) in [5.41, 5.74) is 2.05. The maximum absolute atomic E-state index is 12.3. The van der Waals surface area contributed by atoms with Gasteiger partial charge in [0.25, 0.3) is 5.91 Å². The molecule has 5 nitrogen and oxygen atoms in total. The highest BCUT2D eigenvalue weighted by Gasteiger charge is 2.13. The Bertz CT molecular complexity index is 858. The minimum absolute atomic E-state index is 0.183. The van der Waals surface area contributed by atoms with Gasteiger partial charge in [-0.3, -0.25) is 4.79 Å². The van der Waals surface area contributed by atoms with Crippen molar-refractivity contribution >= 4 is 27.7 Å². The first kappa shape index (κ1) is 19.9. The summed E-state index contributed by atoms with van der Waals surface area (Å²) in [5, 5.41) is 2.77. The lowest BCUT2D eigenvalue weighted by Gasteiger charge is -2.09. The molecular formula is C20H24N2O3S. The molecule has 0 aliphatic rings. The molecule has 1 amide bonds. The zero-order valence-electron chi connectivity index (χ0n) is 15.0. The topological polar surface area (TPSA) is 75.3 Å². The highest BCUT2D eigenvalue weighted by molar-refractivity contribution is 7.89. The van der Waals surface area contributed by atoms with Gasteiger partial charge in [0, 0.05) is 17.8 Å². The van der Waals surface area contributed by atoms with E-state index in [4.69, 9.17) is 0 Å². The Morgan fingerprint density at radius 3 is 2.31 bits per heavy atom. The summed E-state index contributed by atoms with van der Waals surface area (Å²) in [6.45, 7) is 4.15. The smallest absolute Gasteiger partial charge is 0.251 e. The first-order valence-corrected chi connectivity index (χ1v) is 10.0. The first-order valence-electron chi connectivity index (χ1n) is 8.57. The molecule has 0 aromatic heterocycles. The summed E-state index contributed by atoms with van der Waals surface area (Å²) in [6.07, 6.45) is 3.51. The number of hydrogen-bond donors (Lipinski definition) is 2. The zero-order chi connectivity index (χ0) is 19.0. The van der Waals surface area contributed by atoms with Crippen molar-refractivity contribution in [2.75, 3.05) is 11.9 Å². The second-order valence-corrected chi connectivity index (χ2v) is 7.73. The summed E-state index contributed by atoms with van der Waals surface area (Å²) >= 11 is 0. The van der Waals surface area contributed by atoms with Gasteiger partial charge in [0.2, 0.25) is 10.0 Å². The van der Waals surface area contributed by atoms with Crippen LogP contribution in [0.1, 0.15) is 32.3 Å². The lowest BCUT2D eigenvalue weighted by molar-refractivity contribution is -0.112. The number of nitrogens with one attached hydrogen (secondary N) is 2. The number of carbonyl (C=O) groups is 1. The Hall–Kier alpha value is -2.44. The fourth-order valence-electron chi connectivity index (χ4n) is 2.28. The van der Waals surface area contributed by atoms with E-state index < -0.39 is 10.0 Å². The second kappa shape index (κ2) is 9.31. The number of hydrogen-bond acceptors (Lipinski definition) is 3. The number of sulfonamides is 1. The average Bonchev–Trinajstić information content (AvgIpc) is 2.63. The van der Waals surface area contributed by atoms with Crippen molar-refractivity contribution in [1.29, 1.82) is 0 Å². The predicted octanol–water partition coefficient (Wildman–Crippen LogP) is 3.81. The van der Waals surface area contributed by atoms with Gasteiger partial charge in [-0.05, 0) is 49.2 Å². The molecule has 0 fully saturated rings. The van der Waals surface area contributed by atoms with Crippen LogP contribution in [-0.4, -0.2) is 20.9 Å². The molecule has 138 valence electrons. The quantitative estimate of drug-likeness (QED) is 0.546. The summed E-state index contributed by atoms with van der Waals surface area (Å²) < 4.78 is 26.8. The normalized spacial score (nSPS) is 12.0. The molecule has 0 atom stereocenters. The summed E-state index contributed by atoms with van der Waals surface area (Å²) in [4.78, 5) is 12.4. The van der Waals surface area contributed by atoms with E-state index in [9.17, 15) is 13.2 Å². The number of amides is 1. The van der Waals surface area contributed by atoms with Crippen molar-refractivity contribution in [2.24, 2.45) is 0 Å². The van der Waals surface area contributed by atoms with Gasteiger partial charge >= 0.3 is 0 Å². The molecule has 0 radical (unpaired) electrons. The fourth-order valence-corrected chi connectivity index (χ4v) is 3.35. The molecule has 0 bridgehead atoms. The Balaban J connectivity index is 2.02. The van der Waals surface area contributed by atoms with Gasteiger partial charge in [-0.15, -0.1) is 0 Å². The molecule has 0 unspecified atom stereocenters. The van der Waals surface area contributed by atoms with Gasteiger partial charge in [0.1, 0.15) is 0 Å². The van der Waals surface area contributed by atoms with Crippen LogP contribution >= 0.6 is 0 Å². The fraction of sp³-hybridized carbons (Fsp3) is 0.250. The first-order chi connectivity index (χ1) is 12.4. The van der Waals surface area contributed by atoms with E-state index in [1.165, 1.54) is 12.1 Å². The molecule has 2 aromatic carbocycles. The van der Waals surface area contributed by atoms with Crippen LogP contribution in [0.25, 0.3) is 6.08 Å². The molecule has 6 heteroatoms. The maximum Gasteiger partial charge on any atom is 0.251 e. The Morgan fingerprint density at radius 2 is 1.69 bits per heavy atom. The lowest BCUT2D eigenvalue weighted by Crippen LogP contribution is -2.24. The van der Waals surface area contributed by atoms with E-state index >= 15 is 0 Å². The van der Waals surface area contributed by atoms with E-state index in [1.54, 1.807) is 25.1 Å². The minimum Gasteiger partial charge on any atom is -0.322 e. The monoisotopic (exact) mass is 372 g/mol. The molecule has 0 aliphatic carbocycles. The molecule has 2 rings (SSSR count). The third kappa shape index (κ3) is 5.82. The lowest BCUT2D eigenvalue weighted by atomic mass is 10.1. The van der Waals surface area contributed by atoms with Crippen molar-refractivity contribution in [3.63, 3.8) is 0 Å². The van der Waals surface area contributed by atoms with Crippen LogP contribution in [0.3, 0.4) is 0 Å². The Morgan fingerprint density at radius 1 is 1.04 bits per heavy atom. The van der Waals surface area contributed by atoms with Gasteiger partial charge in [-0.2, -0.15) is 0 Å². The van der Waals surface area contributed by atoms with Crippen molar-refractivity contribution in [3.8, 4) is 0 Å². The largest absolute Gasteiger partial charge is 0.322 e. The summed E-state index contributed by atoms with van der Waals surface area (Å²) in [5.74, 6) is -0.231. The summed E-state index contributed by atoms with van der Waals surface area (Å²) in [6, 6.07) is 15.7. The van der Waals surface area contributed by atoms with Gasteiger partial charge in [-0.1, -0.05) is 43.7 Å². The van der Waals surface area contributed by atoms with Crippen LogP contribution < -0.4 is 10.0 Å². The van der Waals surface area contributed by atoms with Crippen LogP contribution in [0.4, 0.5) is 5.69 Å². The molecule has 26 heavy (non-hydrogen) atoms. The second-order valence-electron chi connectivity index (χ2n) is 5.97. The molecule has 0 saturated carbocycles. The highest BCUT2D eigenvalue weighted by Crippen LogP contribution is 2.15. The molecule has 0 spiro atoms. The van der Waals surface area contributed by atoms with Crippen LogP contribution in [0.2, 0.25) is 0 Å². The number of unbranched alkanes of at least 4 members (excludes halogenated alkanes) is 1. The van der Waals surface area contributed by atoms with Crippen molar-refractivity contribution in [1.82, 2.24) is 4.72 Å². The molecule has 0 heterocycles. The number of carbonyl (C=O) groups excluding carboxylic acids is 1. The van der Waals surface area contributed by atoms with E-state index in [2.05, 4.69) is 10.0 Å². The van der Waals surface area contributed by atoms with E-state index in [0.29, 0.717) is 17.8 Å². The predicted molar refractivity (Wildman–Crippen MR) is 105 cm³/mol. The Kier molecular flexibility index (Phi) is 7.12. The van der Waals surface area contributed by atoms with Gasteiger partial charge in [0.15, 0.2) is 0 Å². The van der Waals surface area contributed by atoms with Crippen LogP contribution in [0.5, 0.6) is 0 Å². The van der Waals surface area contributed by atoms with E-state index in [-0.39, 0.29) is 10.8 Å². The zero-order valence-corrected chi connectivity index (χ0v) is 15.8. The average molecular weight is 372 g/mol. The van der Waals surface area contributed by atoms with Crippen LogP contribution in [-0.2, 0) is 14.8 Å². The molecule has 2 N–H and O–H groups in total. The standard InChI is InChI=1S/C20H24N2O3S/c1-3-4-14-21-26(24,25)19-12-10-18(11-13-19)22-20(23)16(2)15-17-8-6-5-7-9-17/h5-13,15,21H,3-4,14H2,1-2H3,(H,22,23). The van der Waals surface area contributed by atoms with Crippen LogP contribution in [0.15, 0.2) is 65.1 Å². The Labute approximate surface area is 155 Å². The van der Waals surface area contributed by atoms with E-state index in [0.717, 1.165) is 18.4 Å². The van der Waals surface area contributed by atoms with Gasteiger partial charge in [-0.25, -0.2) is 13.1 Å². The molecule has 0 aliphatic heterocycles. The molecular weight excluding hydrogens is 348 g/mol. The number of rotatable bonds is 8. The van der Waals surface area contributed by atoms with Crippen molar-refractivity contribution in [3.05, 3.63) is 65.7 Å². The van der Waals surface area contributed by atoms with E-state index in [1.807, 2.05) is 37.3 Å². The maximum atomic E-state index is 12.3. The molecule has 2 aromatic rings. The van der Waals surface area contributed by atoms with Gasteiger partial charge in [0.05, 0.1) is 4.90 Å². The van der Waals surface area contributed by atoms with Crippen molar-refractivity contribution in [2.45, 2.75) is 31.6 Å². The van der Waals surface area contributed by atoms with Crippen LogP contribution in [0, 0.1) is 0 Å². The number of benzene rings is 2. The highest BCUT2D eigenvalue weighted by atomic mass is 32.2.